The van der Waals surface area contributed by atoms with E-state index in [0.717, 1.165) is 18.7 Å². The number of aromatic nitrogens is 2. The Morgan fingerprint density at radius 3 is 2.94 bits per heavy atom. The van der Waals surface area contributed by atoms with Crippen LogP contribution in [-0.4, -0.2) is 35.8 Å². The molecule has 0 aliphatic heterocycles. The van der Waals surface area contributed by atoms with Crippen LogP contribution in [0.25, 0.3) is 0 Å². The van der Waals surface area contributed by atoms with Crippen molar-refractivity contribution in [3.8, 4) is 0 Å². The standard InChI is InChI=1S/C13H23N3O2/c1-4-7-14-13-15-8-6-12(16-13)10-18-11(3)9-17-5-2/h6,8,11H,4-5,7,9-10H2,1-3H3,(H,14,15,16). The fourth-order valence-corrected chi connectivity index (χ4v) is 1.36. The highest BCUT2D eigenvalue weighted by molar-refractivity contribution is 5.24. The summed E-state index contributed by atoms with van der Waals surface area (Å²) in [4.78, 5) is 8.53. The van der Waals surface area contributed by atoms with E-state index in [4.69, 9.17) is 9.47 Å². The van der Waals surface area contributed by atoms with Crippen molar-refractivity contribution in [3.05, 3.63) is 18.0 Å². The van der Waals surface area contributed by atoms with Crippen molar-refractivity contribution in [2.45, 2.75) is 39.9 Å². The molecule has 0 fully saturated rings. The number of nitrogens with one attached hydrogen (secondary N) is 1. The number of rotatable bonds is 9. The molecule has 1 atom stereocenters. The van der Waals surface area contributed by atoms with Gasteiger partial charge in [-0.1, -0.05) is 6.92 Å². The summed E-state index contributed by atoms with van der Waals surface area (Å²) < 4.78 is 10.9. The van der Waals surface area contributed by atoms with Gasteiger partial charge in [-0.2, -0.15) is 0 Å². The van der Waals surface area contributed by atoms with Gasteiger partial charge >= 0.3 is 0 Å². The zero-order chi connectivity index (χ0) is 13.2. The van der Waals surface area contributed by atoms with Crippen LogP contribution < -0.4 is 5.32 Å². The van der Waals surface area contributed by atoms with Crippen LogP contribution in [0.3, 0.4) is 0 Å². The van der Waals surface area contributed by atoms with Crippen LogP contribution in [0.4, 0.5) is 5.95 Å². The van der Waals surface area contributed by atoms with Gasteiger partial charge in [0.1, 0.15) is 0 Å². The number of nitrogens with zero attached hydrogens (tertiary/aromatic N) is 2. The Morgan fingerprint density at radius 1 is 1.39 bits per heavy atom. The minimum atomic E-state index is 0.0759. The Hall–Kier alpha value is -1.20. The van der Waals surface area contributed by atoms with Gasteiger partial charge in [-0.15, -0.1) is 0 Å². The fourth-order valence-electron chi connectivity index (χ4n) is 1.36. The third kappa shape index (κ3) is 5.93. The fraction of sp³-hybridized carbons (Fsp3) is 0.692. The average molecular weight is 253 g/mol. The SMILES string of the molecule is CCCNc1nccc(COC(C)COCC)n1. The van der Waals surface area contributed by atoms with E-state index < -0.39 is 0 Å². The molecule has 1 rings (SSSR count). The summed E-state index contributed by atoms with van der Waals surface area (Å²) in [7, 11) is 0. The van der Waals surface area contributed by atoms with Gasteiger partial charge in [-0.25, -0.2) is 9.97 Å². The van der Waals surface area contributed by atoms with E-state index in [9.17, 15) is 0 Å². The molecule has 0 aromatic carbocycles. The first-order chi connectivity index (χ1) is 8.76. The van der Waals surface area contributed by atoms with Crippen molar-refractivity contribution in [2.24, 2.45) is 0 Å². The van der Waals surface area contributed by atoms with E-state index in [2.05, 4.69) is 22.2 Å². The summed E-state index contributed by atoms with van der Waals surface area (Å²) in [6.07, 6.45) is 2.87. The summed E-state index contributed by atoms with van der Waals surface area (Å²) in [6.45, 7) is 8.77. The highest BCUT2D eigenvalue weighted by atomic mass is 16.5. The van der Waals surface area contributed by atoms with Crippen LogP contribution in [0, 0.1) is 0 Å². The van der Waals surface area contributed by atoms with E-state index in [1.807, 2.05) is 19.9 Å². The maximum Gasteiger partial charge on any atom is 0.222 e. The number of hydrogen-bond donors (Lipinski definition) is 1. The Labute approximate surface area is 109 Å². The van der Waals surface area contributed by atoms with Gasteiger partial charge in [-0.05, 0) is 26.3 Å². The molecule has 0 saturated carbocycles. The first kappa shape index (κ1) is 14.9. The van der Waals surface area contributed by atoms with E-state index in [0.29, 0.717) is 25.8 Å². The van der Waals surface area contributed by atoms with Gasteiger partial charge in [0.15, 0.2) is 0 Å². The molecule has 5 heteroatoms. The Kier molecular flexibility index (Phi) is 7.29. The topological polar surface area (TPSA) is 56.3 Å². The lowest BCUT2D eigenvalue weighted by molar-refractivity contribution is -0.0127. The smallest absolute Gasteiger partial charge is 0.222 e. The normalized spacial score (nSPS) is 12.4. The van der Waals surface area contributed by atoms with Gasteiger partial charge < -0.3 is 14.8 Å². The van der Waals surface area contributed by atoms with Crippen LogP contribution in [0.5, 0.6) is 0 Å². The van der Waals surface area contributed by atoms with Crippen LogP contribution in [-0.2, 0) is 16.1 Å². The van der Waals surface area contributed by atoms with Gasteiger partial charge in [0, 0.05) is 19.3 Å². The van der Waals surface area contributed by atoms with Crippen molar-refractivity contribution < 1.29 is 9.47 Å². The van der Waals surface area contributed by atoms with Crippen LogP contribution in [0.1, 0.15) is 32.9 Å². The van der Waals surface area contributed by atoms with Crippen LogP contribution >= 0.6 is 0 Å². The van der Waals surface area contributed by atoms with Crippen LogP contribution in [0.2, 0.25) is 0 Å². The predicted octanol–water partition coefficient (Wildman–Crippen LogP) is 2.24. The van der Waals surface area contributed by atoms with Gasteiger partial charge in [0.05, 0.1) is 25.0 Å². The molecule has 1 aromatic heterocycles. The molecular formula is C13H23N3O2. The van der Waals surface area contributed by atoms with Crippen LogP contribution in [0.15, 0.2) is 12.3 Å². The Bertz CT molecular complexity index is 334. The molecule has 5 nitrogen and oxygen atoms in total. The molecule has 0 saturated heterocycles. The van der Waals surface area contributed by atoms with Gasteiger partial charge in [-0.3, -0.25) is 0 Å². The average Bonchev–Trinajstić information content (AvgIpc) is 2.41. The number of anilines is 1. The summed E-state index contributed by atoms with van der Waals surface area (Å²) >= 11 is 0. The molecule has 1 N–H and O–H groups in total. The van der Waals surface area contributed by atoms with E-state index in [-0.39, 0.29) is 6.10 Å². The van der Waals surface area contributed by atoms with Crippen molar-refractivity contribution in [1.82, 2.24) is 9.97 Å². The van der Waals surface area contributed by atoms with E-state index >= 15 is 0 Å². The summed E-state index contributed by atoms with van der Waals surface area (Å²) in [5.74, 6) is 0.662. The molecule has 0 spiro atoms. The largest absolute Gasteiger partial charge is 0.379 e. The third-order valence-electron chi connectivity index (χ3n) is 2.32. The summed E-state index contributed by atoms with van der Waals surface area (Å²) in [6, 6.07) is 1.87. The second kappa shape index (κ2) is 8.83. The minimum Gasteiger partial charge on any atom is -0.379 e. The van der Waals surface area contributed by atoms with Crippen molar-refractivity contribution in [1.29, 1.82) is 0 Å². The zero-order valence-corrected chi connectivity index (χ0v) is 11.5. The maximum atomic E-state index is 5.65. The summed E-state index contributed by atoms with van der Waals surface area (Å²) in [5, 5.41) is 3.15. The molecule has 1 unspecified atom stereocenters. The second-order valence-electron chi connectivity index (χ2n) is 4.08. The van der Waals surface area contributed by atoms with Crippen molar-refractivity contribution >= 4 is 5.95 Å². The number of hydrogen-bond acceptors (Lipinski definition) is 5. The molecule has 18 heavy (non-hydrogen) atoms. The first-order valence-corrected chi connectivity index (χ1v) is 6.51. The van der Waals surface area contributed by atoms with Crippen molar-refractivity contribution in [3.63, 3.8) is 0 Å². The molecule has 0 amide bonds. The quantitative estimate of drug-likeness (QED) is 0.731. The lowest BCUT2D eigenvalue weighted by atomic mass is 10.4. The monoisotopic (exact) mass is 253 g/mol. The van der Waals surface area contributed by atoms with Crippen molar-refractivity contribution in [2.75, 3.05) is 25.1 Å². The van der Waals surface area contributed by atoms with E-state index in [1.54, 1.807) is 6.20 Å². The molecule has 1 heterocycles. The lowest BCUT2D eigenvalue weighted by Gasteiger charge is -2.12. The second-order valence-corrected chi connectivity index (χ2v) is 4.08. The van der Waals surface area contributed by atoms with Gasteiger partial charge in [0.25, 0.3) is 0 Å². The van der Waals surface area contributed by atoms with E-state index in [1.165, 1.54) is 0 Å². The predicted molar refractivity (Wildman–Crippen MR) is 71.6 cm³/mol. The minimum absolute atomic E-state index is 0.0759. The molecule has 0 aliphatic rings. The third-order valence-corrected chi connectivity index (χ3v) is 2.32. The molecule has 0 radical (unpaired) electrons. The Morgan fingerprint density at radius 2 is 2.22 bits per heavy atom. The molecular weight excluding hydrogens is 230 g/mol. The highest BCUT2D eigenvalue weighted by Gasteiger charge is 2.04. The molecule has 1 aromatic rings. The molecule has 0 bridgehead atoms. The molecule has 102 valence electrons. The first-order valence-electron chi connectivity index (χ1n) is 6.51. The summed E-state index contributed by atoms with van der Waals surface area (Å²) in [5.41, 5.74) is 0.881. The zero-order valence-electron chi connectivity index (χ0n) is 11.5. The maximum absolute atomic E-state index is 5.65. The number of ether oxygens (including phenoxy) is 2. The Balaban J connectivity index is 2.37. The molecule has 0 aliphatic carbocycles. The highest BCUT2D eigenvalue weighted by Crippen LogP contribution is 2.04. The van der Waals surface area contributed by atoms with Gasteiger partial charge in [0.2, 0.25) is 5.95 Å². The lowest BCUT2D eigenvalue weighted by Crippen LogP contribution is -2.16.